The maximum absolute atomic E-state index is 4.53. The lowest BCUT2D eigenvalue weighted by Gasteiger charge is -2.21. The van der Waals surface area contributed by atoms with Crippen molar-refractivity contribution in [3.63, 3.8) is 0 Å². The molecule has 0 saturated heterocycles. The Balaban J connectivity index is 2.47. The summed E-state index contributed by atoms with van der Waals surface area (Å²) in [7, 11) is 0. The van der Waals surface area contributed by atoms with Crippen molar-refractivity contribution in [1.29, 1.82) is 0 Å². The number of nitrogens with zero attached hydrogens (tertiary/aromatic N) is 2. The number of nitrogens with one attached hydrogen (secondary N) is 1. The molecule has 21 heavy (non-hydrogen) atoms. The van der Waals surface area contributed by atoms with Crippen LogP contribution in [0.4, 0.5) is 0 Å². The minimum atomic E-state index is 0.196. The molecule has 3 nitrogen and oxygen atoms in total. The van der Waals surface area contributed by atoms with Crippen LogP contribution in [0.2, 0.25) is 0 Å². The van der Waals surface area contributed by atoms with E-state index in [4.69, 9.17) is 0 Å². The monoisotopic (exact) mass is 369 g/mol. The van der Waals surface area contributed by atoms with Crippen LogP contribution in [-0.4, -0.2) is 16.3 Å². The van der Waals surface area contributed by atoms with Gasteiger partial charge in [-0.15, -0.1) is 11.3 Å². The van der Waals surface area contributed by atoms with Crippen molar-refractivity contribution < 1.29 is 0 Å². The Labute approximate surface area is 139 Å². The Morgan fingerprint density at radius 1 is 1.38 bits per heavy atom. The maximum Gasteiger partial charge on any atom is 0.0853 e. The molecule has 0 spiro atoms. The van der Waals surface area contributed by atoms with Gasteiger partial charge in [0.2, 0.25) is 0 Å². The molecule has 2 aromatic heterocycles. The van der Waals surface area contributed by atoms with Gasteiger partial charge in [0.15, 0.2) is 0 Å². The molecule has 0 aromatic carbocycles. The van der Waals surface area contributed by atoms with E-state index in [1.54, 1.807) is 0 Å². The topological polar surface area (TPSA) is 29.9 Å². The van der Waals surface area contributed by atoms with Gasteiger partial charge in [-0.25, -0.2) is 0 Å². The summed E-state index contributed by atoms with van der Waals surface area (Å²) in [6.07, 6.45) is 3.02. The van der Waals surface area contributed by atoms with Gasteiger partial charge in [-0.2, -0.15) is 5.10 Å². The van der Waals surface area contributed by atoms with Gasteiger partial charge in [0.25, 0.3) is 0 Å². The normalized spacial score (nSPS) is 13.1. The third-order valence-corrected chi connectivity index (χ3v) is 5.45. The van der Waals surface area contributed by atoms with Crippen LogP contribution in [0, 0.1) is 13.8 Å². The summed E-state index contributed by atoms with van der Waals surface area (Å²) in [5, 5.41) is 8.22. The Hall–Kier alpha value is -0.650. The van der Waals surface area contributed by atoms with Crippen molar-refractivity contribution in [2.75, 3.05) is 6.54 Å². The highest BCUT2D eigenvalue weighted by molar-refractivity contribution is 9.10. The second kappa shape index (κ2) is 7.07. The molecule has 116 valence electrons. The standard InChI is InChI=1S/C16H24BrN3S/c1-6-7-18-15(14-8-11(4)12(5)21-14)16-13(17)9-19-20(16)10(2)3/h8-10,15,18H,6-7H2,1-5H3. The van der Waals surface area contributed by atoms with Crippen molar-refractivity contribution >= 4 is 27.3 Å². The number of hydrogen-bond donors (Lipinski definition) is 1. The number of thiophene rings is 1. The number of aromatic nitrogens is 2. The molecule has 2 heterocycles. The van der Waals surface area contributed by atoms with Gasteiger partial charge in [0, 0.05) is 15.8 Å². The third kappa shape index (κ3) is 3.58. The molecule has 1 unspecified atom stereocenters. The van der Waals surface area contributed by atoms with Gasteiger partial charge in [-0.3, -0.25) is 4.68 Å². The van der Waals surface area contributed by atoms with Crippen molar-refractivity contribution in [3.05, 3.63) is 37.7 Å². The van der Waals surface area contributed by atoms with Gasteiger partial charge in [-0.1, -0.05) is 6.92 Å². The lowest BCUT2D eigenvalue weighted by atomic mass is 10.1. The van der Waals surface area contributed by atoms with Crippen LogP contribution in [-0.2, 0) is 0 Å². The number of halogens is 1. The molecule has 2 rings (SSSR count). The van der Waals surface area contributed by atoms with Crippen LogP contribution in [0.15, 0.2) is 16.7 Å². The maximum atomic E-state index is 4.53. The lowest BCUT2D eigenvalue weighted by Crippen LogP contribution is -2.26. The predicted octanol–water partition coefficient (Wildman–Crippen LogP) is 4.99. The Morgan fingerprint density at radius 2 is 2.10 bits per heavy atom. The van der Waals surface area contributed by atoms with E-state index in [-0.39, 0.29) is 6.04 Å². The summed E-state index contributed by atoms with van der Waals surface area (Å²) in [6, 6.07) is 2.85. The number of aryl methyl sites for hydroxylation is 2. The fourth-order valence-corrected chi connectivity index (χ4v) is 4.02. The number of rotatable bonds is 6. The first-order valence-electron chi connectivity index (χ1n) is 7.48. The quantitative estimate of drug-likeness (QED) is 0.776. The van der Waals surface area contributed by atoms with Crippen molar-refractivity contribution in [2.24, 2.45) is 0 Å². The highest BCUT2D eigenvalue weighted by Crippen LogP contribution is 2.35. The van der Waals surface area contributed by atoms with E-state index in [0.29, 0.717) is 6.04 Å². The highest BCUT2D eigenvalue weighted by Gasteiger charge is 2.24. The Kier molecular flexibility index (Phi) is 5.63. The molecule has 2 aromatic rings. The second-order valence-electron chi connectivity index (χ2n) is 5.69. The molecule has 0 aliphatic carbocycles. The second-order valence-corrected chi connectivity index (χ2v) is 7.83. The molecule has 0 fully saturated rings. The minimum Gasteiger partial charge on any atom is -0.304 e. The van der Waals surface area contributed by atoms with Crippen LogP contribution >= 0.6 is 27.3 Å². The van der Waals surface area contributed by atoms with Crippen LogP contribution in [0.25, 0.3) is 0 Å². The van der Waals surface area contributed by atoms with Gasteiger partial charge in [0.05, 0.1) is 22.4 Å². The predicted molar refractivity (Wildman–Crippen MR) is 94.2 cm³/mol. The summed E-state index contributed by atoms with van der Waals surface area (Å²) in [5.41, 5.74) is 2.59. The average Bonchev–Trinajstić information content (AvgIpc) is 2.95. The molecule has 0 saturated carbocycles. The van der Waals surface area contributed by atoms with E-state index in [9.17, 15) is 0 Å². The minimum absolute atomic E-state index is 0.196. The molecular formula is C16H24BrN3S. The van der Waals surface area contributed by atoms with Gasteiger partial charge in [-0.05, 0) is 68.2 Å². The molecule has 0 bridgehead atoms. The fraction of sp³-hybridized carbons (Fsp3) is 0.562. The Bertz CT molecular complexity index is 581. The molecule has 0 aliphatic heterocycles. The summed E-state index contributed by atoms with van der Waals surface area (Å²) in [5.74, 6) is 0. The Morgan fingerprint density at radius 3 is 2.62 bits per heavy atom. The van der Waals surface area contributed by atoms with E-state index in [0.717, 1.165) is 17.4 Å². The van der Waals surface area contributed by atoms with Crippen LogP contribution in [0.1, 0.15) is 60.3 Å². The van der Waals surface area contributed by atoms with E-state index in [2.05, 4.69) is 71.7 Å². The molecule has 0 radical (unpaired) electrons. The van der Waals surface area contributed by atoms with Crippen molar-refractivity contribution in [3.8, 4) is 0 Å². The zero-order valence-electron chi connectivity index (χ0n) is 13.4. The summed E-state index contributed by atoms with van der Waals surface area (Å²) in [4.78, 5) is 2.75. The van der Waals surface area contributed by atoms with Gasteiger partial charge < -0.3 is 5.32 Å². The van der Waals surface area contributed by atoms with Gasteiger partial charge >= 0.3 is 0 Å². The molecule has 0 aliphatic rings. The van der Waals surface area contributed by atoms with Crippen molar-refractivity contribution in [1.82, 2.24) is 15.1 Å². The summed E-state index contributed by atoms with van der Waals surface area (Å²) < 4.78 is 3.19. The lowest BCUT2D eigenvalue weighted by molar-refractivity contribution is 0.473. The van der Waals surface area contributed by atoms with E-state index >= 15 is 0 Å². The average molecular weight is 370 g/mol. The molecular weight excluding hydrogens is 346 g/mol. The molecule has 1 atom stereocenters. The van der Waals surface area contributed by atoms with Gasteiger partial charge in [0.1, 0.15) is 0 Å². The summed E-state index contributed by atoms with van der Waals surface area (Å²) >= 11 is 5.56. The first-order valence-corrected chi connectivity index (χ1v) is 9.09. The first kappa shape index (κ1) is 16.7. The summed E-state index contributed by atoms with van der Waals surface area (Å²) in [6.45, 7) is 11.9. The first-order chi connectivity index (χ1) is 9.95. The highest BCUT2D eigenvalue weighted by atomic mass is 79.9. The number of hydrogen-bond acceptors (Lipinski definition) is 3. The van der Waals surface area contributed by atoms with E-state index in [1.165, 1.54) is 21.0 Å². The van der Waals surface area contributed by atoms with E-state index in [1.807, 2.05) is 17.5 Å². The molecule has 1 N–H and O–H groups in total. The van der Waals surface area contributed by atoms with Crippen LogP contribution in [0.5, 0.6) is 0 Å². The molecule has 0 amide bonds. The fourth-order valence-electron chi connectivity index (χ4n) is 2.40. The SMILES string of the molecule is CCCNC(c1cc(C)c(C)s1)c1c(Br)cnn1C(C)C. The van der Waals surface area contributed by atoms with Crippen LogP contribution < -0.4 is 5.32 Å². The van der Waals surface area contributed by atoms with E-state index < -0.39 is 0 Å². The smallest absolute Gasteiger partial charge is 0.0853 e. The zero-order valence-corrected chi connectivity index (χ0v) is 15.8. The molecule has 5 heteroatoms. The zero-order chi connectivity index (χ0) is 15.6. The van der Waals surface area contributed by atoms with Crippen molar-refractivity contribution in [2.45, 2.75) is 53.1 Å². The largest absolute Gasteiger partial charge is 0.304 e. The third-order valence-electron chi connectivity index (χ3n) is 3.62. The van der Waals surface area contributed by atoms with Crippen LogP contribution in [0.3, 0.4) is 0 Å².